The first-order valence-corrected chi connectivity index (χ1v) is 1.85. The van der Waals surface area contributed by atoms with Gasteiger partial charge in [0.2, 0.25) is 0 Å². The molecule has 0 amide bonds. The summed E-state index contributed by atoms with van der Waals surface area (Å²) in [6.45, 7) is 0. The molecule has 0 aliphatic heterocycles. The fraction of sp³-hybridized carbons (Fsp3) is 0. The van der Waals surface area contributed by atoms with Crippen LogP contribution in [0.2, 0.25) is 0 Å². The topological polar surface area (TPSA) is 12.9 Å². The van der Waals surface area contributed by atoms with Crippen molar-refractivity contribution in [3.63, 3.8) is 0 Å². The zero-order chi connectivity index (χ0) is 4.24. The van der Waals surface area contributed by atoms with Crippen LogP contribution in [0.1, 0.15) is 0 Å². The van der Waals surface area contributed by atoms with Crippen molar-refractivity contribution < 1.29 is 0 Å². The largest absolute Gasteiger partial charge is 0.265 e. The summed E-state index contributed by atoms with van der Waals surface area (Å²) in [5, 5.41) is 0. The molecule has 0 aliphatic rings. The monoisotopic (exact) mass is 305 g/mol. The fourth-order valence-electron chi connectivity index (χ4n) is 0.313. The van der Waals surface area contributed by atoms with Crippen LogP contribution in [0.3, 0.4) is 0 Å². The van der Waals surface area contributed by atoms with Gasteiger partial charge < -0.3 is 0 Å². The average Bonchev–Trinajstić information content (AvgIpc) is 1.72. The van der Waals surface area contributed by atoms with Gasteiger partial charge in [-0.1, -0.05) is 6.07 Å². The van der Waals surface area contributed by atoms with Gasteiger partial charge in [0.15, 0.2) is 0 Å². The summed E-state index contributed by atoms with van der Waals surface area (Å²) in [5.74, 6) is 0. The van der Waals surface area contributed by atoms with E-state index in [2.05, 4.69) is 4.98 Å². The van der Waals surface area contributed by atoms with Crippen molar-refractivity contribution in [1.29, 1.82) is 0 Å². The third-order valence-corrected chi connectivity index (χ3v) is 0.566. The van der Waals surface area contributed by atoms with Crippen LogP contribution in [0.4, 0.5) is 0 Å². The summed E-state index contributed by atoms with van der Waals surface area (Å²) in [6.07, 6.45) is 3.50. The second kappa shape index (κ2) is 22.4. The number of halogens is 4. The minimum Gasteiger partial charge on any atom is -0.265 e. The van der Waals surface area contributed by atoms with Gasteiger partial charge in [0.1, 0.15) is 0 Å². The molecule has 0 spiro atoms. The van der Waals surface area contributed by atoms with E-state index in [0.717, 1.165) is 0 Å². The molecule has 1 heterocycles. The molecule has 6 heteroatoms. The van der Waals surface area contributed by atoms with Crippen molar-refractivity contribution in [3.05, 3.63) is 30.6 Å². The summed E-state index contributed by atoms with van der Waals surface area (Å²) in [7, 11) is 0. The second-order valence-corrected chi connectivity index (χ2v) is 1.02. The van der Waals surface area contributed by atoms with Gasteiger partial charge in [0, 0.05) is 12.4 Å². The number of rotatable bonds is 0. The Labute approximate surface area is 102 Å². The van der Waals surface area contributed by atoms with Crippen LogP contribution >= 0.6 is 49.6 Å². The number of nitrogens with zero attached hydrogens (tertiary/aromatic N) is 1. The SMILES string of the molecule is Cl.Cl.Cl.Cl.[SeH2].c1ccncc1. The van der Waals surface area contributed by atoms with Crippen molar-refractivity contribution in [2.45, 2.75) is 0 Å². The van der Waals surface area contributed by atoms with E-state index >= 15 is 0 Å². The first-order chi connectivity index (χ1) is 3.00. The summed E-state index contributed by atoms with van der Waals surface area (Å²) in [5.41, 5.74) is 0. The van der Waals surface area contributed by atoms with Gasteiger partial charge in [-0.2, -0.15) is 0 Å². The molecule has 70 valence electrons. The van der Waals surface area contributed by atoms with Gasteiger partial charge in [-0.05, 0) is 12.1 Å². The van der Waals surface area contributed by atoms with Crippen LogP contribution in [0, 0.1) is 0 Å². The van der Waals surface area contributed by atoms with Crippen LogP contribution < -0.4 is 0 Å². The van der Waals surface area contributed by atoms with Crippen molar-refractivity contribution >= 4 is 66.7 Å². The van der Waals surface area contributed by atoms with Crippen molar-refractivity contribution in [2.24, 2.45) is 0 Å². The van der Waals surface area contributed by atoms with E-state index in [4.69, 9.17) is 0 Å². The Morgan fingerprint density at radius 3 is 1.09 bits per heavy atom. The minimum atomic E-state index is 0. The zero-order valence-electron chi connectivity index (χ0n) is 5.47. The molecule has 1 aromatic heterocycles. The van der Waals surface area contributed by atoms with Gasteiger partial charge >= 0.3 is 17.1 Å². The summed E-state index contributed by atoms with van der Waals surface area (Å²) >= 11 is 0. The average molecular weight is 306 g/mol. The van der Waals surface area contributed by atoms with Gasteiger partial charge in [-0.3, -0.25) is 4.98 Å². The molecule has 0 aromatic carbocycles. The first kappa shape index (κ1) is 29.7. The van der Waals surface area contributed by atoms with Crippen LogP contribution in [0.15, 0.2) is 30.6 Å². The summed E-state index contributed by atoms with van der Waals surface area (Å²) < 4.78 is 0. The van der Waals surface area contributed by atoms with E-state index in [1.165, 1.54) is 0 Å². The summed E-state index contributed by atoms with van der Waals surface area (Å²) in [6, 6.07) is 5.72. The minimum absolute atomic E-state index is 0. The number of hydrogen-bond donors (Lipinski definition) is 0. The molecular formula is C5H11Cl4NSe. The van der Waals surface area contributed by atoms with Gasteiger partial charge in [0.05, 0.1) is 0 Å². The van der Waals surface area contributed by atoms with Crippen molar-refractivity contribution in [2.75, 3.05) is 0 Å². The molecule has 1 aromatic rings. The van der Waals surface area contributed by atoms with Crippen LogP contribution in [-0.2, 0) is 0 Å². The Balaban J connectivity index is -0.0000000240. The molecule has 0 N–H and O–H groups in total. The molecule has 0 fully saturated rings. The molecule has 1 rings (SSSR count). The maximum absolute atomic E-state index is 3.78. The molecule has 0 saturated carbocycles. The number of hydrogen-bond acceptors (Lipinski definition) is 1. The first-order valence-electron chi connectivity index (χ1n) is 1.85. The van der Waals surface area contributed by atoms with Crippen LogP contribution in [0.25, 0.3) is 0 Å². The molecule has 0 radical (unpaired) electrons. The van der Waals surface area contributed by atoms with Gasteiger partial charge in [-0.25, -0.2) is 0 Å². The predicted octanol–water partition coefficient (Wildman–Crippen LogP) is 1.85. The van der Waals surface area contributed by atoms with E-state index in [-0.39, 0.29) is 66.7 Å². The third kappa shape index (κ3) is 18.1. The molecule has 11 heavy (non-hydrogen) atoms. The molecule has 0 unspecified atom stereocenters. The second-order valence-electron chi connectivity index (χ2n) is 1.02. The number of pyridine rings is 1. The van der Waals surface area contributed by atoms with E-state index in [9.17, 15) is 0 Å². The smallest absolute Gasteiger partial charge is 0.0267 e. The van der Waals surface area contributed by atoms with E-state index in [0.29, 0.717) is 0 Å². The van der Waals surface area contributed by atoms with Crippen LogP contribution in [0.5, 0.6) is 0 Å². The van der Waals surface area contributed by atoms with E-state index in [1.807, 2.05) is 18.2 Å². The van der Waals surface area contributed by atoms with Crippen molar-refractivity contribution in [3.8, 4) is 0 Å². The Hall–Kier alpha value is 0.829. The molecule has 0 atom stereocenters. The van der Waals surface area contributed by atoms with E-state index in [1.54, 1.807) is 12.4 Å². The van der Waals surface area contributed by atoms with Gasteiger partial charge in [0.25, 0.3) is 0 Å². The molecule has 0 saturated heterocycles. The standard InChI is InChI=1S/C5H5N.4ClH.H2Se/c1-2-4-6-5-3-1;;;;;/h1-5H;4*1H;1H2. The van der Waals surface area contributed by atoms with Crippen LogP contribution in [-0.4, -0.2) is 22.1 Å². The van der Waals surface area contributed by atoms with Crippen molar-refractivity contribution in [1.82, 2.24) is 4.98 Å². The quantitative estimate of drug-likeness (QED) is 0.667. The Morgan fingerprint density at radius 2 is 1.00 bits per heavy atom. The molecule has 0 bridgehead atoms. The van der Waals surface area contributed by atoms with E-state index < -0.39 is 0 Å². The number of aromatic nitrogens is 1. The molecule has 0 aliphatic carbocycles. The maximum atomic E-state index is 3.78. The Kier molecular flexibility index (Phi) is 60.7. The normalized spacial score (nSPS) is 4.36. The third-order valence-electron chi connectivity index (χ3n) is 0.566. The maximum Gasteiger partial charge on any atom is 0.0267 e. The Bertz CT molecular complexity index is 90.4. The molecule has 1 nitrogen and oxygen atoms in total. The Morgan fingerprint density at radius 1 is 0.636 bits per heavy atom. The summed E-state index contributed by atoms with van der Waals surface area (Å²) in [4.78, 5) is 3.78. The molecular weight excluding hydrogens is 295 g/mol. The van der Waals surface area contributed by atoms with Gasteiger partial charge in [-0.15, -0.1) is 49.6 Å². The fourth-order valence-corrected chi connectivity index (χ4v) is 0.313. The zero-order valence-corrected chi connectivity index (χ0v) is 10.8. The predicted molar refractivity (Wildman–Crippen MR) is 61.8 cm³/mol.